The minimum absolute atomic E-state index is 0.158. The van der Waals surface area contributed by atoms with Gasteiger partial charge in [0.15, 0.2) is 0 Å². The van der Waals surface area contributed by atoms with Crippen LogP contribution in [-0.2, 0) is 12.8 Å². The zero-order chi connectivity index (χ0) is 13.6. The summed E-state index contributed by atoms with van der Waals surface area (Å²) in [5.41, 5.74) is 4.76. The van der Waals surface area contributed by atoms with Crippen LogP contribution in [0.25, 0.3) is 5.69 Å². The van der Waals surface area contributed by atoms with Crippen LogP contribution in [0.5, 0.6) is 11.8 Å². The second kappa shape index (κ2) is 4.19. The second-order valence-corrected chi connectivity index (χ2v) is 5.16. The Morgan fingerprint density at radius 1 is 1.00 bits per heavy atom. The third-order valence-corrected chi connectivity index (χ3v) is 3.79. The van der Waals surface area contributed by atoms with Crippen LogP contribution >= 0.6 is 0 Å². The van der Waals surface area contributed by atoms with E-state index in [2.05, 4.69) is 6.08 Å². The first-order chi connectivity index (χ1) is 9.09. The average molecular weight is 255 g/mol. The predicted molar refractivity (Wildman–Crippen MR) is 75.0 cm³/mol. The zero-order valence-corrected chi connectivity index (χ0v) is 11.1. The molecule has 0 unspecified atom stereocenters. The van der Waals surface area contributed by atoms with Gasteiger partial charge in [0.05, 0.1) is 5.69 Å². The van der Waals surface area contributed by atoms with Crippen LogP contribution in [0.3, 0.4) is 0 Å². The van der Waals surface area contributed by atoms with Crippen molar-refractivity contribution in [2.45, 2.75) is 26.7 Å². The molecule has 3 heteroatoms. The lowest BCUT2D eigenvalue weighted by Gasteiger charge is -2.10. The standard InChI is InChI=1S/C16H17NO2/c1-10-7-8-12-13(9-10)16(19)17(15(12)18)14-6-4-3-5-11(14)2/h3-7,18-19H,8-9H2,1-2H3. The smallest absolute Gasteiger partial charge is 0.202 e. The Hall–Kier alpha value is -2.16. The average Bonchev–Trinajstić information content (AvgIpc) is 2.63. The molecule has 2 N–H and O–H groups in total. The van der Waals surface area contributed by atoms with Crippen LogP contribution in [0.1, 0.15) is 23.6 Å². The molecular formula is C16H17NO2. The molecule has 0 fully saturated rings. The first-order valence-corrected chi connectivity index (χ1v) is 6.45. The molecule has 0 radical (unpaired) electrons. The lowest BCUT2D eigenvalue weighted by molar-refractivity contribution is 0.399. The summed E-state index contributed by atoms with van der Waals surface area (Å²) in [4.78, 5) is 0. The summed E-state index contributed by atoms with van der Waals surface area (Å²) in [6.45, 7) is 4.02. The van der Waals surface area contributed by atoms with Crippen LogP contribution in [0, 0.1) is 6.92 Å². The number of fused-ring (bicyclic) bond motifs is 1. The monoisotopic (exact) mass is 255 g/mol. The number of allylic oxidation sites excluding steroid dienone is 2. The van der Waals surface area contributed by atoms with Crippen LogP contribution < -0.4 is 0 Å². The highest BCUT2D eigenvalue weighted by atomic mass is 16.3. The van der Waals surface area contributed by atoms with E-state index in [-0.39, 0.29) is 11.8 Å². The maximum atomic E-state index is 10.4. The summed E-state index contributed by atoms with van der Waals surface area (Å²) >= 11 is 0. The number of aromatic nitrogens is 1. The Bertz CT molecular complexity index is 680. The van der Waals surface area contributed by atoms with Crippen molar-refractivity contribution in [2.24, 2.45) is 0 Å². The topological polar surface area (TPSA) is 45.4 Å². The minimum atomic E-state index is 0.158. The summed E-state index contributed by atoms with van der Waals surface area (Å²) in [6.07, 6.45) is 3.48. The normalized spacial score (nSPS) is 14.1. The first kappa shape index (κ1) is 11.9. The van der Waals surface area contributed by atoms with Gasteiger partial charge in [0, 0.05) is 11.1 Å². The lowest BCUT2D eigenvalue weighted by atomic mass is 9.96. The summed E-state index contributed by atoms with van der Waals surface area (Å²) in [7, 11) is 0. The third kappa shape index (κ3) is 1.73. The Balaban J connectivity index is 2.23. The number of nitrogens with zero attached hydrogens (tertiary/aromatic N) is 1. The first-order valence-electron chi connectivity index (χ1n) is 6.45. The van der Waals surface area contributed by atoms with Crippen molar-refractivity contribution < 1.29 is 10.2 Å². The van der Waals surface area contributed by atoms with Gasteiger partial charge in [-0.2, -0.15) is 0 Å². The molecule has 98 valence electrons. The van der Waals surface area contributed by atoms with Crippen molar-refractivity contribution in [1.29, 1.82) is 0 Å². The van der Waals surface area contributed by atoms with E-state index in [1.165, 1.54) is 5.57 Å². The van der Waals surface area contributed by atoms with Gasteiger partial charge in [-0.25, -0.2) is 0 Å². The molecule has 3 rings (SSSR count). The van der Waals surface area contributed by atoms with Crippen LogP contribution in [0.2, 0.25) is 0 Å². The maximum absolute atomic E-state index is 10.4. The van der Waals surface area contributed by atoms with E-state index in [1.54, 1.807) is 4.57 Å². The van der Waals surface area contributed by atoms with Crippen molar-refractivity contribution >= 4 is 0 Å². The van der Waals surface area contributed by atoms with E-state index < -0.39 is 0 Å². The molecule has 1 aromatic heterocycles. The number of hydrogen-bond acceptors (Lipinski definition) is 2. The number of benzene rings is 1. The van der Waals surface area contributed by atoms with Gasteiger partial charge < -0.3 is 10.2 Å². The molecule has 0 bridgehead atoms. The maximum Gasteiger partial charge on any atom is 0.202 e. The van der Waals surface area contributed by atoms with Gasteiger partial charge in [0.1, 0.15) is 0 Å². The fourth-order valence-electron chi connectivity index (χ4n) is 2.71. The molecule has 0 atom stereocenters. The van der Waals surface area contributed by atoms with Crippen molar-refractivity contribution in [1.82, 2.24) is 4.57 Å². The highest BCUT2D eigenvalue weighted by Crippen LogP contribution is 2.40. The van der Waals surface area contributed by atoms with Gasteiger partial charge in [0.2, 0.25) is 11.8 Å². The van der Waals surface area contributed by atoms with Gasteiger partial charge in [-0.05, 0) is 38.3 Å². The summed E-state index contributed by atoms with van der Waals surface area (Å²) in [6, 6.07) is 7.73. The predicted octanol–water partition coefficient (Wildman–Crippen LogP) is 3.24. The number of aromatic hydroxyl groups is 2. The Morgan fingerprint density at radius 3 is 2.42 bits per heavy atom. The molecule has 0 saturated carbocycles. The molecule has 0 amide bonds. The quantitative estimate of drug-likeness (QED) is 0.768. The highest BCUT2D eigenvalue weighted by molar-refractivity contribution is 5.57. The van der Waals surface area contributed by atoms with Crippen LogP contribution in [0.4, 0.5) is 0 Å². The van der Waals surface area contributed by atoms with Gasteiger partial charge in [-0.3, -0.25) is 4.57 Å². The van der Waals surface area contributed by atoms with E-state index in [9.17, 15) is 10.2 Å². The van der Waals surface area contributed by atoms with Crippen LogP contribution in [0.15, 0.2) is 35.9 Å². The van der Waals surface area contributed by atoms with Crippen molar-refractivity contribution in [3.05, 3.63) is 52.6 Å². The van der Waals surface area contributed by atoms with E-state index >= 15 is 0 Å². The Labute approximate surface area is 112 Å². The zero-order valence-electron chi connectivity index (χ0n) is 11.1. The Kier molecular flexibility index (Phi) is 2.63. The lowest BCUT2D eigenvalue weighted by Crippen LogP contribution is -1.97. The molecule has 1 heterocycles. The molecule has 3 nitrogen and oxygen atoms in total. The number of hydrogen-bond donors (Lipinski definition) is 2. The van der Waals surface area contributed by atoms with E-state index in [0.717, 1.165) is 22.4 Å². The largest absolute Gasteiger partial charge is 0.494 e. The third-order valence-electron chi connectivity index (χ3n) is 3.79. The SMILES string of the molecule is CC1=CCc2c(c(O)n(-c3ccccc3C)c2O)C1. The van der Waals surface area contributed by atoms with Gasteiger partial charge >= 0.3 is 0 Å². The number of para-hydroxylation sites is 1. The van der Waals surface area contributed by atoms with Crippen LogP contribution in [-0.4, -0.2) is 14.8 Å². The van der Waals surface area contributed by atoms with E-state index in [4.69, 9.17) is 0 Å². The molecule has 0 saturated heterocycles. The number of aryl methyl sites for hydroxylation is 1. The van der Waals surface area contributed by atoms with Gasteiger partial charge in [-0.15, -0.1) is 0 Å². The molecular weight excluding hydrogens is 238 g/mol. The van der Waals surface area contributed by atoms with Gasteiger partial charge in [0.25, 0.3) is 0 Å². The van der Waals surface area contributed by atoms with Crippen molar-refractivity contribution in [2.75, 3.05) is 0 Å². The molecule has 1 aromatic carbocycles. The number of rotatable bonds is 1. The molecule has 1 aliphatic rings. The van der Waals surface area contributed by atoms with E-state index in [0.29, 0.717) is 12.8 Å². The van der Waals surface area contributed by atoms with Crippen molar-refractivity contribution in [3.8, 4) is 17.4 Å². The second-order valence-electron chi connectivity index (χ2n) is 5.16. The summed E-state index contributed by atoms with van der Waals surface area (Å²) in [5, 5.41) is 20.8. The van der Waals surface area contributed by atoms with E-state index in [1.807, 2.05) is 38.1 Å². The fourth-order valence-corrected chi connectivity index (χ4v) is 2.71. The molecule has 0 spiro atoms. The molecule has 19 heavy (non-hydrogen) atoms. The molecule has 2 aromatic rings. The minimum Gasteiger partial charge on any atom is -0.494 e. The Morgan fingerprint density at radius 2 is 1.68 bits per heavy atom. The van der Waals surface area contributed by atoms with Gasteiger partial charge in [-0.1, -0.05) is 29.8 Å². The molecule has 0 aliphatic heterocycles. The summed E-state index contributed by atoms with van der Waals surface area (Å²) < 4.78 is 1.55. The highest BCUT2D eigenvalue weighted by Gasteiger charge is 2.25. The van der Waals surface area contributed by atoms with Crippen molar-refractivity contribution in [3.63, 3.8) is 0 Å². The summed E-state index contributed by atoms with van der Waals surface area (Å²) in [5.74, 6) is 0.319. The fraction of sp³-hybridized carbons (Fsp3) is 0.250. The molecule has 1 aliphatic carbocycles.